The Kier molecular flexibility index (Phi) is 3.55. The molecule has 0 spiro atoms. The molecule has 0 unspecified atom stereocenters. The van der Waals surface area contributed by atoms with E-state index in [0.29, 0.717) is 11.3 Å². The lowest BCUT2D eigenvalue weighted by atomic mass is 10.0. The predicted molar refractivity (Wildman–Crippen MR) is 73.7 cm³/mol. The fourth-order valence-corrected chi connectivity index (χ4v) is 2.33. The van der Waals surface area contributed by atoms with Gasteiger partial charge in [0.05, 0.1) is 12.0 Å². The molecular formula is C14H17N3O2. The molecule has 0 radical (unpaired) electrons. The summed E-state index contributed by atoms with van der Waals surface area (Å²) in [6.45, 7) is 2.10. The average Bonchev–Trinajstić information content (AvgIpc) is 2.65. The number of hydrogen-bond acceptors (Lipinski definition) is 2. The van der Waals surface area contributed by atoms with Crippen LogP contribution >= 0.6 is 0 Å². The zero-order valence-corrected chi connectivity index (χ0v) is 10.8. The largest absolute Gasteiger partial charge is 0.369 e. The third-order valence-electron chi connectivity index (χ3n) is 3.08. The number of aromatic nitrogens is 1. The summed E-state index contributed by atoms with van der Waals surface area (Å²) in [5, 5.41) is 0.739. The molecule has 0 aliphatic rings. The Morgan fingerprint density at radius 2 is 2.00 bits per heavy atom. The van der Waals surface area contributed by atoms with Crippen LogP contribution in [0.2, 0.25) is 0 Å². The highest BCUT2D eigenvalue weighted by Crippen LogP contribution is 2.24. The quantitative estimate of drug-likeness (QED) is 0.752. The Morgan fingerprint density at radius 1 is 1.26 bits per heavy atom. The van der Waals surface area contributed by atoms with E-state index >= 15 is 0 Å². The summed E-state index contributed by atoms with van der Waals surface area (Å²) in [7, 11) is 0. The average molecular weight is 259 g/mol. The second-order valence-corrected chi connectivity index (χ2v) is 4.62. The third kappa shape index (κ3) is 2.59. The first-order valence-corrected chi connectivity index (χ1v) is 6.24. The lowest BCUT2D eigenvalue weighted by Crippen LogP contribution is -2.18. The molecule has 100 valence electrons. The molecule has 2 aromatic rings. The van der Waals surface area contributed by atoms with Gasteiger partial charge in [0.25, 0.3) is 5.91 Å². The van der Waals surface area contributed by atoms with E-state index in [2.05, 4.69) is 11.9 Å². The maximum Gasteiger partial charge on any atom is 0.251 e. The van der Waals surface area contributed by atoms with Gasteiger partial charge < -0.3 is 16.5 Å². The molecule has 1 aromatic heterocycles. The molecule has 0 fully saturated rings. The molecule has 1 aromatic carbocycles. The first kappa shape index (κ1) is 13.1. The van der Waals surface area contributed by atoms with Gasteiger partial charge in [0.2, 0.25) is 5.91 Å². The molecular weight excluding hydrogens is 242 g/mol. The number of carbonyl (C=O) groups is 2. The van der Waals surface area contributed by atoms with E-state index in [0.717, 1.165) is 23.7 Å². The van der Waals surface area contributed by atoms with Crippen LogP contribution in [0.5, 0.6) is 0 Å². The molecule has 0 bridgehead atoms. The third-order valence-corrected chi connectivity index (χ3v) is 3.08. The van der Waals surface area contributed by atoms with Gasteiger partial charge in [-0.3, -0.25) is 9.59 Å². The lowest BCUT2D eigenvalue weighted by molar-refractivity contribution is -0.117. The molecule has 0 saturated heterocycles. The van der Waals surface area contributed by atoms with E-state index in [4.69, 9.17) is 11.5 Å². The zero-order chi connectivity index (χ0) is 14.0. The number of carbonyl (C=O) groups excluding carboxylic acids is 2. The van der Waals surface area contributed by atoms with E-state index < -0.39 is 11.8 Å². The molecule has 19 heavy (non-hydrogen) atoms. The maximum absolute atomic E-state index is 11.5. The van der Waals surface area contributed by atoms with Crippen molar-refractivity contribution in [2.24, 2.45) is 11.5 Å². The van der Waals surface area contributed by atoms with Crippen molar-refractivity contribution in [3.63, 3.8) is 0 Å². The second kappa shape index (κ2) is 5.14. The smallest absolute Gasteiger partial charge is 0.251 e. The number of H-pyrrole nitrogens is 1. The number of rotatable bonds is 5. The predicted octanol–water partition coefficient (Wildman–Crippen LogP) is 1.25. The van der Waals surface area contributed by atoms with Gasteiger partial charge in [0.1, 0.15) is 0 Å². The summed E-state index contributed by atoms with van der Waals surface area (Å²) in [6, 6.07) is 5.82. The monoisotopic (exact) mass is 259 g/mol. The fraction of sp³-hybridized carbons (Fsp3) is 0.286. The first-order chi connectivity index (χ1) is 9.02. The Hall–Kier alpha value is -2.30. The zero-order valence-electron chi connectivity index (χ0n) is 10.8. The number of hydrogen-bond donors (Lipinski definition) is 3. The van der Waals surface area contributed by atoms with Crippen LogP contribution < -0.4 is 11.5 Å². The molecule has 0 atom stereocenters. The van der Waals surface area contributed by atoms with Crippen LogP contribution in [0.25, 0.3) is 10.9 Å². The molecule has 1 heterocycles. The molecule has 2 amide bonds. The standard InChI is InChI=1S/C14H17N3O2/c1-2-3-8-4-5-9-10(6-8)17-11(7-12(15)18)13(9)14(16)19/h4-6,17H,2-3,7H2,1H3,(H2,15,18)(H2,16,19). The lowest BCUT2D eigenvalue weighted by Gasteiger charge is -1.99. The van der Waals surface area contributed by atoms with Gasteiger partial charge in [0, 0.05) is 16.6 Å². The van der Waals surface area contributed by atoms with Crippen molar-refractivity contribution in [2.45, 2.75) is 26.2 Å². The highest BCUT2D eigenvalue weighted by Gasteiger charge is 2.17. The number of nitrogens with one attached hydrogen (secondary N) is 1. The van der Waals surface area contributed by atoms with Crippen molar-refractivity contribution in [1.29, 1.82) is 0 Å². The van der Waals surface area contributed by atoms with E-state index in [1.165, 1.54) is 5.56 Å². The van der Waals surface area contributed by atoms with Crippen molar-refractivity contribution >= 4 is 22.7 Å². The summed E-state index contributed by atoms with van der Waals surface area (Å²) < 4.78 is 0. The number of benzene rings is 1. The summed E-state index contributed by atoms with van der Waals surface area (Å²) in [6.07, 6.45) is 1.99. The van der Waals surface area contributed by atoms with Gasteiger partial charge in [-0.1, -0.05) is 25.5 Å². The summed E-state index contributed by atoms with van der Waals surface area (Å²) in [5.74, 6) is -1.05. The fourth-order valence-electron chi connectivity index (χ4n) is 2.33. The van der Waals surface area contributed by atoms with Crippen LogP contribution in [0.1, 0.15) is 35.0 Å². The van der Waals surface area contributed by atoms with Crippen molar-refractivity contribution in [3.05, 3.63) is 35.0 Å². The molecule has 2 rings (SSSR count). The van der Waals surface area contributed by atoms with Crippen molar-refractivity contribution in [3.8, 4) is 0 Å². The number of aromatic amines is 1. The van der Waals surface area contributed by atoms with E-state index in [1.54, 1.807) is 0 Å². The molecule has 0 aliphatic carbocycles. The Balaban J connectivity index is 2.58. The summed E-state index contributed by atoms with van der Waals surface area (Å²) >= 11 is 0. The van der Waals surface area contributed by atoms with Crippen LogP contribution in [0.15, 0.2) is 18.2 Å². The highest BCUT2D eigenvalue weighted by molar-refractivity contribution is 6.08. The molecule has 5 N–H and O–H groups in total. The van der Waals surface area contributed by atoms with Gasteiger partial charge in [-0.2, -0.15) is 0 Å². The van der Waals surface area contributed by atoms with Crippen molar-refractivity contribution in [2.75, 3.05) is 0 Å². The Morgan fingerprint density at radius 3 is 2.58 bits per heavy atom. The molecule has 0 aliphatic heterocycles. The number of nitrogens with two attached hydrogens (primary N) is 2. The summed E-state index contributed by atoms with van der Waals surface area (Å²) in [5.41, 5.74) is 13.4. The van der Waals surface area contributed by atoms with Crippen molar-refractivity contribution in [1.82, 2.24) is 4.98 Å². The Labute approximate surface area is 111 Å². The minimum atomic E-state index is -0.550. The molecule has 0 saturated carbocycles. The Bertz CT molecular complexity index is 643. The number of primary amides is 2. The van der Waals surface area contributed by atoms with Gasteiger partial charge in [-0.15, -0.1) is 0 Å². The maximum atomic E-state index is 11.5. The first-order valence-electron chi connectivity index (χ1n) is 6.24. The van der Waals surface area contributed by atoms with Gasteiger partial charge in [-0.05, 0) is 18.1 Å². The second-order valence-electron chi connectivity index (χ2n) is 4.62. The van der Waals surface area contributed by atoms with Gasteiger partial charge in [-0.25, -0.2) is 0 Å². The number of fused-ring (bicyclic) bond motifs is 1. The topological polar surface area (TPSA) is 102 Å². The minimum absolute atomic E-state index is 0.0178. The van der Waals surface area contributed by atoms with Crippen LogP contribution in [-0.4, -0.2) is 16.8 Å². The van der Waals surface area contributed by atoms with Crippen LogP contribution in [0, 0.1) is 0 Å². The normalized spacial score (nSPS) is 10.8. The number of aryl methyl sites for hydroxylation is 1. The van der Waals surface area contributed by atoms with E-state index in [-0.39, 0.29) is 6.42 Å². The highest BCUT2D eigenvalue weighted by atomic mass is 16.1. The van der Waals surface area contributed by atoms with Crippen LogP contribution in [-0.2, 0) is 17.6 Å². The van der Waals surface area contributed by atoms with Crippen LogP contribution in [0.3, 0.4) is 0 Å². The van der Waals surface area contributed by atoms with Crippen molar-refractivity contribution < 1.29 is 9.59 Å². The summed E-state index contributed by atoms with van der Waals surface area (Å²) in [4.78, 5) is 25.7. The van der Waals surface area contributed by atoms with Gasteiger partial charge in [0.15, 0.2) is 0 Å². The number of amides is 2. The molecule has 5 heteroatoms. The SMILES string of the molecule is CCCc1ccc2c(C(N)=O)c(CC(N)=O)[nH]c2c1. The van der Waals surface area contributed by atoms with E-state index in [1.807, 2.05) is 18.2 Å². The van der Waals surface area contributed by atoms with Crippen LogP contribution in [0.4, 0.5) is 0 Å². The molecule has 5 nitrogen and oxygen atoms in total. The van der Waals surface area contributed by atoms with Gasteiger partial charge >= 0.3 is 0 Å². The van der Waals surface area contributed by atoms with E-state index in [9.17, 15) is 9.59 Å². The minimum Gasteiger partial charge on any atom is -0.369 e.